The van der Waals surface area contributed by atoms with Crippen LogP contribution in [0.25, 0.3) is 0 Å². The van der Waals surface area contributed by atoms with Crippen LogP contribution in [0.2, 0.25) is 0 Å². The largest absolute Gasteiger partial charge is 0.390 e. The Kier molecular flexibility index (Phi) is 2.28. The van der Waals surface area contributed by atoms with Gasteiger partial charge < -0.3 is 15.1 Å². The Hall–Kier alpha value is -0.120. The van der Waals surface area contributed by atoms with Gasteiger partial charge in [-0.25, -0.2) is 0 Å². The average Bonchev–Trinajstić information content (AvgIpc) is 1.93. The molecule has 3 unspecified atom stereocenters. The summed E-state index contributed by atoms with van der Waals surface area (Å²) in [4.78, 5) is 2.05. The molecule has 1 heterocycles. The minimum atomic E-state index is -0.571. The maximum absolute atomic E-state index is 9.32. The molecule has 3 heteroatoms. The first-order chi connectivity index (χ1) is 4.63. The molecule has 10 heavy (non-hydrogen) atoms. The van der Waals surface area contributed by atoms with E-state index < -0.39 is 12.2 Å². The summed E-state index contributed by atoms with van der Waals surface area (Å²) in [6.45, 7) is 2.80. The Labute approximate surface area is 61.3 Å². The minimum Gasteiger partial charge on any atom is -0.390 e. The number of nitrogens with zero attached hydrogens (tertiary/aromatic N) is 1. The number of piperidine rings is 1. The third kappa shape index (κ3) is 1.31. The standard InChI is InChI=1S/C7H15NO2/c1-5-7(10)6(9)3-4-8(5)2/h5-7,9-10H,3-4H2,1-2H3. The average molecular weight is 145 g/mol. The summed E-state index contributed by atoms with van der Waals surface area (Å²) in [7, 11) is 1.96. The van der Waals surface area contributed by atoms with Crippen LogP contribution in [0.15, 0.2) is 0 Å². The Balaban J connectivity index is 2.52. The summed E-state index contributed by atoms with van der Waals surface area (Å²) in [5.74, 6) is 0. The maximum atomic E-state index is 9.32. The van der Waals surface area contributed by atoms with E-state index in [1.807, 2.05) is 14.0 Å². The van der Waals surface area contributed by atoms with Crippen molar-refractivity contribution in [3.63, 3.8) is 0 Å². The fourth-order valence-corrected chi connectivity index (χ4v) is 1.29. The van der Waals surface area contributed by atoms with E-state index in [0.29, 0.717) is 6.42 Å². The van der Waals surface area contributed by atoms with Gasteiger partial charge in [0.15, 0.2) is 0 Å². The predicted molar refractivity (Wildman–Crippen MR) is 38.7 cm³/mol. The van der Waals surface area contributed by atoms with Crippen LogP contribution in [0.3, 0.4) is 0 Å². The van der Waals surface area contributed by atoms with Crippen molar-refractivity contribution in [2.45, 2.75) is 31.6 Å². The molecule has 2 N–H and O–H groups in total. The first-order valence-electron chi connectivity index (χ1n) is 3.69. The molecular weight excluding hydrogens is 130 g/mol. The third-order valence-corrected chi connectivity index (χ3v) is 2.36. The molecule has 1 saturated heterocycles. The highest BCUT2D eigenvalue weighted by Gasteiger charge is 2.30. The van der Waals surface area contributed by atoms with Gasteiger partial charge in [-0.05, 0) is 20.4 Å². The highest BCUT2D eigenvalue weighted by Crippen LogP contribution is 2.15. The summed E-state index contributed by atoms with van der Waals surface area (Å²) in [6, 6.07) is 0.0868. The van der Waals surface area contributed by atoms with Gasteiger partial charge in [0.2, 0.25) is 0 Å². The van der Waals surface area contributed by atoms with Gasteiger partial charge in [0.25, 0.3) is 0 Å². The molecule has 3 nitrogen and oxygen atoms in total. The molecule has 0 radical (unpaired) electrons. The van der Waals surface area contributed by atoms with Gasteiger partial charge in [-0.1, -0.05) is 0 Å². The van der Waals surface area contributed by atoms with Crippen LogP contribution < -0.4 is 0 Å². The van der Waals surface area contributed by atoms with Crippen LogP contribution in [0.4, 0.5) is 0 Å². The third-order valence-electron chi connectivity index (χ3n) is 2.36. The van der Waals surface area contributed by atoms with Crippen molar-refractivity contribution in [1.82, 2.24) is 4.90 Å². The molecular formula is C7H15NO2. The van der Waals surface area contributed by atoms with Gasteiger partial charge in [0.1, 0.15) is 0 Å². The number of hydrogen-bond acceptors (Lipinski definition) is 3. The zero-order valence-electron chi connectivity index (χ0n) is 6.49. The highest BCUT2D eigenvalue weighted by molar-refractivity contribution is 4.84. The quantitative estimate of drug-likeness (QED) is 0.480. The number of rotatable bonds is 0. The van der Waals surface area contributed by atoms with Gasteiger partial charge in [-0.15, -0.1) is 0 Å². The number of aliphatic hydroxyl groups is 2. The van der Waals surface area contributed by atoms with E-state index >= 15 is 0 Å². The number of likely N-dealkylation sites (tertiary alicyclic amines) is 1. The lowest BCUT2D eigenvalue weighted by Gasteiger charge is -2.37. The van der Waals surface area contributed by atoms with E-state index in [2.05, 4.69) is 4.90 Å². The normalized spacial score (nSPS) is 43.8. The highest BCUT2D eigenvalue weighted by atomic mass is 16.3. The van der Waals surface area contributed by atoms with Crippen LogP contribution in [0.5, 0.6) is 0 Å². The van der Waals surface area contributed by atoms with Gasteiger partial charge in [-0.3, -0.25) is 0 Å². The fraction of sp³-hybridized carbons (Fsp3) is 1.00. The number of likely N-dealkylation sites (N-methyl/N-ethyl adjacent to an activating group) is 1. The molecule has 1 aliphatic heterocycles. The Bertz CT molecular complexity index is 104. The van der Waals surface area contributed by atoms with Crippen LogP contribution >= 0.6 is 0 Å². The van der Waals surface area contributed by atoms with Gasteiger partial charge >= 0.3 is 0 Å². The van der Waals surface area contributed by atoms with Crippen molar-refractivity contribution < 1.29 is 10.2 Å². The van der Waals surface area contributed by atoms with E-state index in [-0.39, 0.29) is 6.04 Å². The second-order valence-electron chi connectivity index (χ2n) is 3.07. The number of aliphatic hydroxyl groups excluding tert-OH is 2. The summed E-state index contributed by atoms with van der Waals surface area (Å²) in [5, 5.41) is 18.5. The van der Waals surface area contributed by atoms with Crippen LogP contribution in [-0.2, 0) is 0 Å². The zero-order valence-corrected chi connectivity index (χ0v) is 6.49. The molecule has 0 aromatic heterocycles. The van der Waals surface area contributed by atoms with E-state index in [1.165, 1.54) is 0 Å². The fourth-order valence-electron chi connectivity index (χ4n) is 1.29. The molecule has 1 fully saturated rings. The van der Waals surface area contributed by atoms with Crippen molar-refractivity contribution in [2.75, 3.05) is 13.6 Å². The first kappa shape index (κ1) is 7.98. The van der Waals surface area contributed by atoms with E-state index in [1.54, 1.807) is 0 Å². The molecule has 0 aromatic carbocycles. The second-order valence-corrected chi connectivity index (χ2v) is 3.07. The number of hydrogen-bond donors (Lipinski definition) is 2. The molecule has 0 amide bonds. The topological polar surface area (TPSA) is 43.7 Å². The lowest BCUT2D eigenvalue weighted by molar-refractivity contribution is -0.0627. The van der Waals surface area contributed by atoms with Crippen molar-refractivity contribution in [3.8, 4) is 0 Å². The monoisotopic (exact) mass is 145 g/mol. The van der Waals surface area contributed by atoms with Crippen molar-refractivity contribution in [2.24, 2.45) is 0 Å². The van der Waals surface area contributed by atoms with Crippen LogP contribution in [0, 0.1) is 0 Å². The summed E-state index contributed by atoms with van der Waals surface area (Å²) < 4.78 is 0. The Morgan fingerprint density at radius 2 is 2.00 bits per heavy atom. The van der Waals surface area contributed by atoms with Crippen LogP contribution in [-0.4, -0.2) is 47.0 Å². The lowest BCUT2D eigenvalue weighted by atomic mass is 9.98. The van der Waals surface area contributed by atoms with E-state index in [0.717, 1.165) is 6.54 Å². The van der Waals surface area contributed by atoms with Gasteiger partial charge in [-0.2, -0.15) is 0 Å². The molecule has 0 saturated carbocycles. The maximum Gasteiger partial charge on any atom is 0.0951 e. The molecule has 0 bridgehead atoms. The molecule has 60 valence electrons. The molecule has 3 atom stereocenters. The summed E-state index contributed by atoms with van der Waals surface area (Å²) in [5.41, 5.74) is 0. The second kappa shape index (κ2) is 2.86. The Morgan fingerprint density at radius 3 is 2.50 bits per heavy atom. The molecule has 0 aliphatic carbocycles. The summed E-state index contributed by atoms with van der Waals surface area (Å²) >= 11 is 0. The van der Waals surface area contributed by atoms with Crippen molar-refractivity contribution in [1.29, 1.82) is 0 Å². The predicted octanol–water partition coefficient (Wildman–Crippen LogP) is -0.568. The SMILES string of the molecule is CC1C(O)C(O)CCN1C. The van der Waals surface area contributed by atoms with Crippen molar-refractivity contribution in [3.05, 3.63) is 0 Å². The minimum absolute atomic E-state index is 0.0868. The van der Waals surface area contributed by atoms with Crippen LogP contribution in [0.1, 0.15) is 13.3 Å². The molecule has 1 rings (SSSR count). The van der Waals surface area contributed by atoms with E-state index in [4.69, 9.17) is 0 Å². The van der Waals surface area contributed by atoms with Crippen molar-refractivity contribution >= 4 is 0 Å². The first-order valence-corrected chi connectivity index (χ1v) is 3.69. The zero-order chi connectivity index (χ0) is 7.72. The molecule has 0 aromatic rings. The molecule has 1 aliphatic rings. The Morgan fingerprint density at radius 1 is 1.40 bits per heavy atom. The molecule has 0 spiro atoms. The van der Waals surface area contributed by atoms with Gasteiger partial charge in [0, 0.05) is 12.6 Å². The smallest absolute Gasteiger partial charge is 0.0951 e. The van der Waals surface area contributed by atoms with E-state index in [9.17, 15) is 10.2 Å². The lowest BCUT2D eigenvalue weighted by Crippen LogP contribution is -2.51. The van der Waals surface area contributed by atoms with Gasteiger partial charge in [0.05, 0.1) is 12.2 Å². The summed E-state index contributed by atoms with van der Waals surface area (Å²) in [6.07, 6.45) is -0.410.